The molecule has 1 aromatic rings. The summed E-state index contributed by atoms with van der Waals surface area (Å²) >= 11 is 1.60. The number of carbonyl (C=O) groups is 4. The maximum absolute atomic E-state index is 10.4. The molecule has 0 bridgehead atoms. The van der Waals surface area contributed by atoms with Gasteiger partial charge in [0.1, 0.15) is 24.2 Å². The van der Waals surface area contributed by atoms with E-state index in [0.29, 0.717) is 12.8 Å². The smallest absolute Gasteiger partial charge is 0.320 e. The SMILES string of the molecule is CC[C@H](C)[C@H](N)C(=O)O.CSCC[C@H](N)C(=O)O.N[C@@H](Cc1ccccc1)C(=O)O.O=C(O)[C@@H]1CCCN1. The number of rotatable bonds is 11. The molecule has 0 radical (unpaired) electrons. The van der Waals surface area contributed by atoms with E-state index >= 15 is 0 Å². The van der Waals surface area contributed by atoms with Crippen LogP contribution in [0.2, 0.25) is 0 Å². The molecule has 13 heteroatoms. The summed E-state index contributed by atoms with van der Waals surface area (Å²) in [6, 6.07) is 6.89. The van der Waals surface area contributed by atoms with E-state index in [2.05, 4.69) is 5.32 Å². The van der Waals surface area contributed by atoms with Crippen molar-refractivity contribution in [3.05, 3.63) is 35.9 Å². The Morgan fingerprint density at radius 3 is 1.84 bits per heavy atom. The summed E-state index contributed by atoms with van der Waals surface area (Å²) in [6.07, 6.45) is 5.46. The van der Waals surface area contributed by atoms with E-state index in [-0.39, 0.29) is 12.0 Å². The van der Waals surface area contributed by atoms with Gasteiger partial charge in [0, 0.05) is 0 Å². The van der Waals surface area contributed by atoms with Crippen molar-refractivity contribution < 1.29 is 39.6 Å². The molecule has 1 heterocycles. The van der Waals surface area contributed by atoms with Crippen molar-refractivity contribution in [1.82, 2.24) is 5.32 Å². The Hall–Kier alpha value is -2.71. The molecular weight excluding hydrogens is 516 g/mol. The van der Waals surface area contributed by atoms with Crippen molar-refractivity contribution in [2.45, 2.75) is 70.1 Å². The first-order chi connectivity index (χ1) is 17.8. The lowest BCUT2D eigenvalue weighted by Crippen LogP contribution is -2.36. The predicted molar refractivity (Wildman–Crippen MR) is 148 cm³/mol. The minimum atomic E-state index is -0.959. The largest absolute Gasteiger partial charge is 0.480 e. The zero-order valence-electron chi connectivity index (χ0n) is 22.3. The van der Waals surface area contributed by atoms with Gasteiger partial charge in [-0.1, -0.05) is 50.6 Å². The van der Waals surface area contributed by atoms with Crippen LogP contribution in [0.15, 0.2) is 30.3 Å². The Bertz CT molecular complexity index is 810. The molecule has 1 fully saturated rings. The Balaban J connectivity index is 0. The van der Waals surface area contributed by atoms with Gasteiger partial charge in [0.2, 0.25) is 0 Å². The van der Waals surface area contributed by atoms with Crippen LogP contribution < -0.4 is 22.5 Å². The van der Waals surface area contributed by atoms with Crippen molar-refractivity contribution in [2.24, 2.45) is 23.1 Å². The van der Waals surface area contributed by atoms with Crippen molar-refractivity contribution in [3.63, 3.8) is 0 Å². The fourth-order valence-corrected chi connectivity index (χ4v) is 3.21. The summed E-state index contributed by atoms with van der Waals surface area (Å²) in [5.41, 5.74) is 16.8. The van der Waals surface area contributed by atoms with Gasteiger partial charge in [-0.15, -0.1) is 0 Å². The molecule has 218 valence electrons. The quantitative estimate of drug-likeness (QED) is 0.189. The highest BCUT2D eigenvalue weighted by atomic mass is 32.2. The second-order valence-electron chi connectivity index (χ2n) is 8.60. The third-order valence-corrected chi connectivity index (χ3v) is 6.11. The summed E-state index contributed by atoms with van der Waals surface area (Å²) in [5, 5.41) is 36.4. The first-order valence-corrected chi connectivity index (χ1v) is 13.6. The minimum absolute atomic E-state index is 0.0718. The average molecular weight is 561 g/mol. The maximum atomic E-state index is 10.4. The highest BCUT2D eigenvalue weighted by Crippen LogP contribution is 2.05. The first-order valence-electron chi connectivity index (χ1n) is 12.2. The average Bonchev–Trinajstić information content (AvgIpc) is 3.43. The molecule has 11 N–H and O–H groups in total. The Morgan fingerprint density at radius 2 is 1.53 bits per heavy atom. The van der Waals surface area contributed by atoms with Gasteiger partial charge in [-0.05, 0) is 55.7 Å². The highest BCUT2D eigenvalue weighted by molar-refractivity contribution is 7.98. The van der Waals surface area contributed by atoms with Gasteiger partial charge in [0.15, 0.2) is 0 Å². The van der Waals surface area contributed by atoms with Gasteiger partial charge in [-0.2, -0.15) is 11.8 Å². The van der Waals surface area contributed by atoms with Crippen LogP contribution in [0.5, 0.6) is 0 Å². The molecule has 1 saturated heterocycles. The van der Waals surface area contributed by atoms with E-state index in [1.165, 1.54) is 0 Å². The van der Waals surface area contributed by atoms with Gasteiger partial charge in [-0.25, -0.2) is 0 Å². The van der Waals surface area contributed by atoms with Gasteiger partial charge in [0.05, 0.1) is 0 Å². The van der Waals surface area contributed by atoms with E-state index in [9.17, 15) is 19.2 Å². The van der Waals surface area contributed by atoms with Gasteiger partial charge >= 0.3 is 23.9 Å². The molecule has 1 aliphatic heterocycles. The summed E-state index contributed by atoms with van der Waals surface area (Å²) < 4.78 is 0. The van der Waals surface area contributed by atoms with Crippen LogP contribution in [-0.4, -0.2) is 87.0 Å². The van der Waals surface area contributed by atoms with Crippen LogP contribution in [0.1, 0.15) is 45.1 Å². The van der Waals surface area contributed by atoms with Crippen LogP contribution in [-0.2, 0) is 25.6 Å². The zero-order valence-corrected chi connectivity index (χ0v) is 23.1. The van der Waals surface area contributed by atoms with Crippen LogP contribution in [0, 0.1) is 5.92 Å². The fourth-order valence-electron chi connectivity index (χ4n) is 2.72. The van der Waals surface area contributed by atoms with E-state index < -0.39 is 42.0 Å². The van der Waals surface area contributed by atoms with Crippen molar-refractivity contribution in [1.29, 1.82) is 0 Å². The number of aliphatic carboxylic acids is 4. The molecular formula is C25H44N4O8S. The highest BCUT2D eigenvalue weighted by Gasteiger charge is 2.20. The first kappa shape index (κ1) is 37.4. The number of nitrogens with one attached hydrogen (secondary N) is 1. The topological polar surface area (TPSA) is 239 Å². The number of carboxylic acid groups (broad SMARTS) is 4. The lowest BCUT2D eigenvalue weighted by Gasteiger charge is -2.11. The number of carboxylic acids is 4. The lowest BCUT2D eigenvalue weighted by atomic mass is 10.0. The number of benzene rings is 1. The molecule has 1 aromatic carbocycles. The molecule has 0 unspecified atom stereocenters. The van der Waals surface area contributed by atoms with Crippen LogP contribution in [0.4, 0.5) is 0 Å². The molecule has 0 saturated carbocycles. The predicted octanol–water partition coefficient (Wildman–Crippen LogP) is 1.06. The third-order valence-electron chi connectivity index (χ3n) is 5.47. The molecule has 0 aliphatic carbocycles. The van der Waals surface area contributed by atoms with Crippen molar-refractivity contribution in [3.8, 4) is 0 Å². The van der Waals surface area contributed by atoms with E-state index in [1.807, 2.05) is 50.4 Å². The van der Waals surface area contributed by atoms with E-state index in [0.717, 1.165) is 37.1 Å². The summed E-state index contributed by atoms with van der Waals surface area (Å²) in [5.74, 6) is -2.62. The van der Waals surface area contributed by atoms with E-state index in [1.54, 1.807) is 11.8 Å². The van der Waals surface area contributed by atoms with E-state index in [4.69, 9.17) is 37.6 Å². The van der Waals surface area contributed by atoms with Gasteiger partial charge in [-0.3, -0.25) is 19.2 Å². The van der Waals surface area contributed by atoms with Crippen LogP contribution >= 0.6 is 11.8 Å². The molecule has 2 rings (SSSR count). The van der Waals surface area contributed by atoms with Gasteiger partial charge < -0.3 is 42.9 Å². The molecule has 0 spiro atoms. The number of nitrogens with two attached hydrogens (primary N) is 3. The monoisotopic (exact) mass is 560 g/mol. The molecule has 0 aromatic heterocycles. The maximum Gasteiger partial charge on any atom is 0.320 e. The second kappa shape index (κ2) is 22.3. The number of hydrogen-bond donors (Lipinski definition) is 8. The van der Waals surface area contributed by atoms with Crippen LogP contribution in [0.25, 0.3) is 0 Å². The molecule has 1 aliphatic rings. The Morgan fingerprint density at radius 1 is 0.974 bits per heavy atom. The fraction of sp³-hybridized carbons (Fsp3) is 0.600. The van der Waals surface area contributed by atoms with Crippen molar-refractivity contribution >= 4 is 35.6 Å². The molecule has 5 atom stereocenters. The summed E-state index contributed by atoms with van der Waals surface area (Å²) in [7, 11) is 0. The van der Waals surface area contributed by atoms with Gasteiger partial charge in [0.25, 0.3) is 0 Å². The minimum Gasteiger partial charge on any atom is -0.480 e. The third kappa shape index (κ3) is 19.4. The Labute approximate surface area is 228 Å². The number of hydrogen-bond acceptors (Lipinski definition) is 9. The standard InChI is InChI=1S/C9H11NO2.C6H13NO2.C5H11NO2S.C5H9NO2/c10-8(9(11)12)6-7-4-2-1-3-5-7;1-3-4(2)5(7)6(8)9;1-9-3-2-4(6)5(7)8;7-5(8)4-2-1-3-6-4/h1-5,8H,6,10H2,(H,11,12);4-5H,3,7H2,1-2H3,(H,8,9);4H,2-3,6H2,1H3,(H,7,8);4,6H,1-3H2,(H,7,8)/t8-;4-,5-;2*4-/m0000/s1. The van der Waals surface area contributed by atoms with Crippen LogP contribution in [0.3, 0.4) is 0 Å². The Kier molecular flexibility index (Phi) is 22.0. The lowest BCUT2D eigenvalue weighted by molar-refractivity contribution is -0.140. The van der Waals surface area contributed by atoms with Crippen molar-refractivity contribution in [2.75, 3.05) is 18.6 Å². The second-order valence-corrected chi connectivity index (χ2v) is 9.58. The number of thioether (sulfide) groups is 1. The normalized spacial score (nSPS) is 16.9. The molecule has 0 amide bonds. The summed E-state index contributed by atoms with van der Waals surface area (Å²) in [6.45, 7) is 4.61. The molecule has 12 nitrogen and oxygen atoms in total. The molecule has 38 heavy (non-hydrogen) atoms. The zero-order chi connectivity index (χ0) is 29.7. The summed E-state index contributed by atoms with van der Waals surface area (Å²) in [4.78, 5) is 40.8.